The minimum absolute atomic E-state index is 0.0561. The summed E-state index contributed by atoms with van der Waals surface area (Å²) in [7, 11) is 0. The maximum atomic E-state index is 9.37. The van der Waals surface area contributed by atoms with Crippen molar-refractivity contribution in [3.05, 3.63) is 71.8 Å². The van der Waals surface area contributed by atoms with Gasteiger partial charge in [-0.15, -0.1) is 0 Å². The Balaban J connectivity index is 1.88. The second-order valence-electron chi connectivity index (χ2n) is 4.90. The third-order valence-electron chi connectivity index (χ3n) is 3.24. The van der Waals surface area contributed by atoms with Crippen molar-refractivity contribution in [2.24, 2.45) is 4.99 Å². The van der Waals surface area contributed by atoms with Gasteiger partial charge in [0, 0.05) is 6.21 Å². The average molecular weight is 283 g/mol. The number of ether oxygens (including phenoxy) is 1. The van der Waals surface area contributed by atoms with Gasteiger partial charge in [-0.3, -0.25) is 4.99 Å². The van der Waals surface area contributed by atoms with E-state index < -0.39 is 0 Å². The van der Waals surface area contributed by atoms with Crippen LogP contribution in [0.1, 0.15) is 24.1 Å². The van der Waals surface area contributed by atoms with Crippen LogP contribution in [0.3, 0.4) is 0 Å². The molecule has 0 aliphatic heterocycles. The predicted octanol–water partition coefficient (Wildman–Crippen LogP) is 3.40. The SMILES string of the molecule is C[C@@H](N=C[C@H](CO)OCc1ccccc1)c1ccccc1. The molecular weight excluding hydrogens is 262 g/mol. The minimum Gasteiger partial charge on any atom is -0.393 e. The first-order valence-corrected chi connectivity index (χ1v) is 7.14. The van der Waals surface area contributed by atoms with Crippen molar-refractivity contribution in [2.45, 2.75) is 25.7 Å². The van der Waals surface area contributed by atoms with E-state index >= 15 is 0 Å². The van der Waals surface area contributed by atoms with Crippen molar-refractivity contribution in [1.29, 1.82) is 0 Å². The molecule has 21 heavy (non-hydrogen) atoms. The van der Waals surface area contributed by atoms with Gasteiger partial charge in [-0.2, -0.15) is 0 Å². The summed E-state index contributed by atoms with van der Waals surface area (Å²) in [4.78, 5) is 4.47. The Labute approximate surface area is 125 Å². The average Bonchev–Trinajstić information content (AvgIpc) is 2.56. The van der Waals surface area contributed by atoms with Crippen molar-refractivity contribution < 1.29 is 9.84 Å². The lowest BCUT2D eigenvalue weighted by molar-refractivity contribution is 0.0466. The molecule has 0 saturated heterocycles. The molecule has 0 fully saturated rings. The lowest BCUT2D eigenvalue weighted by Crippen LogP contribution is -2.19. The molecule has 0 bridgehead atoms. The highest BCUT2D eigenvalue weighted by atomic mass is 16.5. The van der Waals surface area contributed by atoms with E-state index in [2.05, 4.69) is 4.99 Å². The Kier molecular flexibility index (Phi) is 6.13. The lowest BCUT2D eigenvalue weighted by atomic mass is 10.1. The summed E-state index contributed by atoms with van der Waals surface area (Å²) in [5, 5.41) is 9.37. The van der Waals surface area contributed by atoms with Crippen LogP contribution in [-0.4, -0.2) is 24.0 Å². The molecule has 0 amide bonds. The van der Waals surface area contributed by atoms with Crippen LogP contribution in [0.15, 0.2) is 65.7 Å². The van der Waals surface area contributed by atoms with Gasteiger partial charge in [0.1, 0.15) is 6.10 Å². The Hall–Kier alpha value is -1.97. The molecule has 0 radical (unpaired) electrons. The number of rotatable bonds is 7. The molecule has 1 N–H and O–H groups in total. The molecule has 110 valence electrons. The fourth-order valence-corrected chi connectivity index (χ4v) is 1.96. The molecule has 3 heteroatoms. The van der Waals surface area contributed by atoms with E-state index in [9.17, 15) is 5.11 Å². The van der Waals surface area contributed by atoms with E-state index in [0.717, 1.165) is 11.1 Å². The monoisotopic (exact) mass is 283 g/mol. The molecule has 0 aliphatic rings. The van der Waals surface area contributed by atoms with Gasteiger partial charge in [-0.1, -0.05) is 60.7 Å². The Morgan fingerprint density at radius 1 is 1.05 bits per heavy atom. The lowest BCUT2D eigenvalue weighted by Gasteiger charge is -2.12. The van der Waals surface area contributed by atoms with Gasteiger partial charge in [0.25, 0.3) is 0 Å². The third kappa shape index (κ3) is 5.14. The number of aliphatic hydroxyl groups is 1. The van der Waals surface area contributed by atoms with Crippen LogP contribution < -0.4 is 0 Å². The largest absolute Gasteiger partial charge is 0.393 e. The van der Waals surface area contributed by atoms with Gasteiger partial charge >= 0.3 is 0 Å². The quantitative estimate of drug-likeness (QED) is 0.791. The maximum absolute atomic E-state index is 9.37. The van der Waals surface area contributed by atoms with Crippen LogP contribution in [0.25, 0.3) is 0 Å². The van der Waals surface area contributed by atoms with Gasteiger partial charge in [-0.05, 0) is 18.1 Å². The molecule has 2 aromatic carbocycles. The number of nitrogens with zero attached hydrogens (tertiary/aromatic N) is 1. The molecular formula is C18H21NO2. The highest BCUT2D eigenvalue weighted by Crippen LogP contribution is 2.15. The van der Waals surface area contributed by atoms with Crippen LogP contribution in [-0.2, 0) is 11.3 Å². The normalized spacial score (nSPS) is 14.2. The second kappa shape index (κ2) is 8.35. The summed E-state index contributed by atoms with van der Waals surface area (Å²) in [5.41, 5.74) is 2.23. The highest BCUT2D eigenvalue weighted by molar-refractivity contribution is 5.63. The predicted molar refractivity (Wildman–Crippen MR) is 85.5 cm³/mol. The summed E-state index contributed by atoms with van der Waals surface area (Å²) in [6.45, 7) is 2.42. The number of aliphatic imine (C=N–C) groups is 1. The van der Waals surface area contributed by atoms with Crippen LogP contribution in [0.2, 0.25) is 0 Å². The maximum Gasteiger partial charge on any atom is 0.116 e. The summed E-state index contributed by atoms with van der Waals surface area (Å²) < 4.78 is 5.66. The molecule has 3 nitrogen and oxygen atoms in total. The van der Waals surface area contributed by atoms with E-state index in [-0.39, 0.29) is 18.8 Å². The number of benzene rings is 2. The Morgan fingerprint density at radius 3 is 2.29 bits per heavy atom. The fourth-order valence-electron chi connectivity index (χ4n) is 1.96. The zero-order chi connectivity index (χ0) is 14.9. The highest BCUT2D eigenvalue weighted by Gasteiger charge is 2.06. The van der Waals surface area contributed by atoms with E-state index in [1.54, 1.807) is 6.21 Å². The second-order valence-corrected chi connectivity index (χ2v) is 4.90. The van der Waals surface area contributed by atoms with Crippen LogP contribution in [0.5, 0.6) is 0 Å². The van der Waals surface area contributed by atoms with Crippen molar-refractivity contribution in [1.82, 2.24) is 0 Å². The first-order valence-electron chi connectivity index (χ1n) is 7.14. The summed E-state index contributed by atoms with van der Waals surface area (Å²) in [6, 6.07) is 20.0. The molecule has 0 unspecified atom stereocenters. The van der Waals surface area contributed by atoms with Gasteiger partial charge in [0.15, 0.2) is 0 Å². The summed E-state index contributed by atoms with van der Waals surface area (Å²) >= 11 is 0. The molecule has 0 aliphatic carbocycles. The standard InChI is InChI=1S/C18H21NO2/c1-15(17-10-6-3-7-11-17)19-12-18(13-20)21-14-16-8-4-2-5-9-16/h2-12,15,18,20H,13-14H2,1H3/t15-,18-/m1/s1. The summed E-state index contributed by atoms with van der Waals surface area (Å²) in [6.07, 6.45) is 1.32. The molecule has 0 spiro atoms. The zero-order valence-electron chi connectivity index (χ0n) is 12.2. The molecule has 0 heterocycles. The first kappa shape index (κ1) is 15.4. The Morgan fingerprint density at radius 2 is 1.67 bits per heavy atom. The molecule has 2 aromatic rings. The summed E-state index contributed by atoms with van der Waals surface area (Å²) in [5.74, 6) is 0. The van der Waals surface area contributed by atoms with Crippen molar-refractivity contribution >= 4 is 6.21 Å². The van der Waals surface area contributed by atoms with Crippen LogP contribution in [0, 0.1) is 0 Å². The van der Waals surface area contributed by atoms with E-state index in [1.807, 2.05) is 67.6 Å². The minimum atomic E-state index is -0.378. The molecule has 0 aromatic heterocycles. The van der Waals surface area contributed by atoms with Gasteiger partial charge in [-0.25, -0.2) is 0 Å². The van der Waals surface area contributed by atoms with E-state index in [1.165, 1.54) is 0 Å². The van der Waals surface area contributed by atoms with Crippen molar-refractivity contribution in [3.63, 3.8) is 0 Å². The van der Waals surface area contributed by atoms with Gasteiger partial charge in [0.2, 0.25) is 0 Å². The van der Waals surface area contributed by atoms with Crippen molar-refractivity contribution in [3.8, 4) is 0 Å². The first-order chi connectivity index (χ1) is 10.3. The van der Waals surface area contributed by atoms with Gasteiger partial charge < -0.3 is 9.84 Å². The van der Waals surface area contributed by atoms with E-state index in [0.29, 0.717) is 6.61 Å². The smallest absolute Gasteiger partial charge is 0.116 e. The third-order valence-corrected chi connectivity index (χ3v) is 3.24. The molecule has 2 atom stereocenters. The van der Waals surface area contributed by atoms with Crippen molar-refractivity contribution in [2.75, 3.05) is 6.61 Å². The Bertz CT molecular complexity index is 540. The van der Waals surface area contributed by atoms with Crippen LogP contribution in [0.4, 0.5) is 0 Å². The van der Waals surface area contributed by atoms with Gasteiger partial charge in [0.05, 0.1) is 19.3 Å². The van der Waals surface area contributed by atoms with Crippen LogP contribution >= 0.6 is 0 Å². The molecule has 0 saturated carbocycles. The zero-order valence-corrected chi connectivity index (χ0v) is 12.2. The number of hydrogen-bond donors (Lipinski definition) is 1. The van der Waals surface area contributed by atoms with E-state index in [4.69, 9.17) is 4.74 Å². The fraction of sp³-hybridized carbons (Fsp3) is 0.278. The topological polar surface area (TPSA) is 41.8 Å². The number of hydrogen-bond acceptors (Lipinski definition) is 3. The molecule has 2 rings (SSSR count). The number of aliphatic hydroxyl groups excluding tert-OH is 1.